The van der Waals surface area contributed by atoms with Gasteiger partial charge in [-0.15, -0.1) is 0 Å². The highest BCUT2D eigenvalue weighted by molar-refractivity contribution is 8.00. The zero-order chi connectivity index (χ0) is 24.4. The van der Waals surface area contributed by atoms with E-state index in [-0.39, 0.29) is 55.6 Å². The van der Waals surface area contributed by atoms with Crippen LogP contribution in [0.4, 0.5) is 26.3 Å². The van der Waals surface area contributed by atoms with Crippen molar-refractivity contribution in [3.05, 3.63) is 36.0 Å². The highest BCUT2D eigenvalue weighted by Crippen LogP contribution is 2.38. The molecule has 0 atom stereocenters. The number of hydrazone groups is 1. The van der Waals surface area contributed by atoms with E-state index in [1.54, 1.807) is 5.43 Å². The Kier molecular flexibility index (Phi) is 6.93. The lowest BCUT2D eigenvalue weighted by Crippen LogP contribution is -2.25. The molecule has 0 aliphatic carbocycles. The summed E-state index contributed by atoms with van der Waals surface area (Å²) in [7, 11) is -3.90. The van der Waals surface area contributed by atoms with Gasteiger partial charge in [0.25, 0.3) is 0 Å². The molecule has 3 aromatic rings. The molecule has 0 amide bonds. The van der Waals surface area contributed by atoms with Crippen molar-refractivity contribution < 1.29 is 39.2 Å². The maximum Gasteiger partial charge on any atom is 0.446 e. The largest absolute Gasteiger partial charge is 0.446 e. The van der Waals surface area contributed by atoms with Crippen molar-refractivity contribution >= 4 is 38.9 Å². The van der Waals surface area contributed by atoms with Gasteiger partial charge in [-0.2, -0.15) is 31.4 Å². The topological polar surface area (TPSA) is 97.5 Å². The number of pyridine rings is 1. The van der Waals surface area contributed by atoms with E-state index in [0.717, 1.165) is 24.5 Å². The first-order valence-corrected chi connectivity index (χ1v) is 11.5. The van der Waals surface area contributed by atoms with Crippen molar-refractivity contribution in [1.82, 2.24) is 15.4 Å². The summed E-state index contributed by atoms with van der Waals surface area (Å²) >= 11 is -0.340. The summed E-state index contributed by atoms with van der Waals surface area (Å²) in [6, 6.07) is 4.73. The Labute approximate surface area is 187 Å². The number of aromatic nitrogens is 2. The van der Waals surface area contributed by atoms with Crippen LogP contribution in [0.2, 0.25) is 0 Å². The molecule has 1 aromatic carbocycles. The molecule has 0 saturated carbocycles. The van der Waals surface area contributed by atoms with Crippen LogP contribution in [0.1, 0.15) is 12.5 Å². The molecule has 0 fully saturated rings. The molecule has 178 valence electrons. The van der Waals surface area contributed by atoms with Gasteiger partial charge in [-0.05, 0) is 36.0 Å². The predicted octanol–water partition coefficient (Wildman–Crippen LogP) is 4.78. The molecule has 33 heavy (non-hydrogen) atoms. The van der Waals surface area contributed by atoms with E-state index in [9.17, 15) is 34.8 Å². The molecule has 0 aliphatic heterocycles. The van der Waals surface area contributed by atoms with Gasteiger partial charge >= 0.3 is 11.7 Å². The lowest BCUT2D eigenvalue weighted by Gasteiger charge is -2.07. The van der Waals surface area contributed by atoms with Crippen molar-refractivity contribution in [1.29, 1.82) is 0 Å². The van der Waals surface area contributed by atoms with E-state index in [1.165, 1.54) is 19.1 Å². The van der Waals surface area contributed by atoms with Gasteiger partial charge in [0.2, 0.25) is 5.89 Å². The molecule has 0 spiro atoms. The molecule has 15 heteroatoms. The number of nitrogens with zero attached hydrogens (tertiary/aromatic N) is 3. The van der Waals surface area contributed by atoms with Crippen LogP contribution in [0.25, 0.3) is 22.7 Å². The number of oxazole rings is 1. The number of fused-ring (bicyclic) bond motifs is 1. The van der Waals surface area contributed by atoms with E-state index < -0.39 is 28.1 Å². The summed E-state index contributed by atoms with van der Waals surface area (Å²) in [6.45, 7) is -0.00981. The number of hydrogen-bond donors (Lipinski definition) is 1. The average Bonchev–Trinajstić information content (AvgIpc) is 3.12. The third kappa shape index (κ3) is 6.60. The second kappa shape index (κ2) is 9.21. The molecule has 0 aliphatic rings. The first kappa shape index (κ1) is 24.8. The molecule has 2 heterocycles. The average molecular weight is 512 g/mol. The fourth-order valence-corrected chi connectivity index (χ4v) is 4.18. The summed E-state index contributed by atoms with van der Waals surface area (Å²) in [5, 5.41) is 3.39. The van der Waals surface area contributed by atoms with Crippen molar-refractivity contribution in [2.45, 2.75) is 28.4 Å². The SMILES string of the molecule is CCS(=O)(=O)c1cc(/C=N/NCC(F)(F)F)cnc1-c1nc2cc(SC(F)(F)F)ccc2o1. The fourth-order valence-electron chi connectivity index (χ4n) is 2.54. The number of benzene rings is 1. The van der Waals surface area contributed by atoms with Crippen LogP contribution in [0, 0.1) is 0 Å². The van der Waals surface area contributed by atoms with Crippen molar-refractivity contribution in [2.75, 3.05) is 12.3 Å². The standard InChI is InChI=1S/C18H14F6N4O3S2/c1-2-33(29,30)14-5-10(8-26-27-9-17(19,20)21)7-25-15(14)16-28-12-6-11(32-18(22,23)24)3-4-13(12)31-16/h3-8,27H,2,9H2,1H3/b26-8+. The van der Waals surface area contributed by atoms with Gasteiger partial charge in [0.1, 0.15) is 17.8 Å². The summed E-state index contributed by atoms with van der Waals surface area (Å²) in [6.07, 6.45) is -2.38. The van der Waals surface area contributed by atoms with Crippen LogP contribution < -0.4 is 5.43 Å². The number of halogens is 6. The lowest BCUT2D eigenvalue weighted by atomic mass is 10.2. The third-order valence-electron chi connectivity index (χ3n) is 3.97. The Morgan fingerprint density at radius 3 is 2.55 bits per heavy atom. The minimum atomic E-state index is -4.50. The van der Waals surface area contributed by atoms with Gasteiger partial charge in [-0.3, -0.25) is 0 Å². The Balaban J connectivity index is 1.99. The number of nitrogens with one attached hydrogen (secondary N) is 1. The second-order valence-electron chi connectivity index (χ2n) is 6.42. The van der Waals surface area contributed by atoms with Gasteiger partial charge in [-0.25, -0.2) is 18.4 Å². The summed E-state index contributed by atoms with van der Waals surface area (Å²) in [4.78, 5) is 7.62. The highest BCUT2D eigenvalue weighted by Gasteiger charge is 2.30. The van der Waals surface area contributed by atoms with Crippen molar-refractivity contribution in [2.24, 2.45) is 5.10 Å². The van der Waals surface area contributed by atoms with Crippen LogP contribution in [0.3, 0.4) is 0 Å². The number of alkyl halides is 6. The normalized spacial score (nSPS) is 13.2. The van der Waals surface area contributed by atoms with E-state index >= 15 is 0 Å². The van der Waals surface area contributed by atoms with E-state index in [0.29, 0.717) is 0 Å². The van der Waals surface area contributed by atoms with Gasteiger partial charge in [0.15, 0.2) is 15.4 Å². The Hall–Kier alpha value is -2.81. The molecule has 0 radical (unpaired) electrons. The van der Waals surface area contributed by atoms with Crippen LogP contribution >= 0.6 is 11.8 Å². The minimum absolute atomic E-state index is 0.0582. The monoisotopic (exact) mass is 512 g/mol. The number of hydrogen-bond acceptors (Lipinski definition) is 8. The van der Waals surface area contributed by atoms with Crippen molar-refractivity contribution in [3.8, 4) is 11.6 Å². The van der Waals surface area contributed by atoms with Gasteiger partial charge < -0.3 is 9.84 Å². The lowest BCUT2D eigenvalue weighted by molar-refractivity contribution is -0.124. The van der Waals surface area contributed by atoms with Crippen molar-refractivity contribution in [3.63, 3.8) is 0 Å². The molecule has 3 rings (SSSR count). The third-order valence-corrected chi connectivity index (χ3v) is 6.43. The molecule has 7 nitrogen and oxygen atoms in total. The van der Waals surface area contributed by atoms with E-state index in [2.05, 4.69) is 15.1 Å². The highest BCUT2D eigenvalue weighted by atomic mass is 32.2. The van der Waals surface area contributed by atoms with Gasteiger partial charge in [0.05, 0.1) is 16.9 Å². The molecule has 1 N–H and O–H groups in total. The number of sulfone groups is 1. The molecule has 2 aromatic heterocycles. The van der Waals surface area contributed by atoms with Crippen LogP contribution in [-0.2, 0) is 9.84 Å². The first-order chi connectivity index (χ1) is 15.3. The second-order valence-corrected chi connectivity index (χ2v) is 9.81. The maximum absolute atomic E-state index is 12.6. The predicted molar refractivity (Wildman–Crippen MR) is 109 cm³/mol. The quantitative estimate of drug-likeness (QED) is 0.211. The molecule has 0 bridgehead atoms. The van der Waals surface area contributed by atoms with Crippen LogP contribution in [0.5, 0.6) is 0 Å². The number of thioether (sulfide) groups is 1. The van der Waals surface area contributed by atoms with E-state index in [1.807, 2.05) is 0 Å². The Morgan fingerprint density at radius 2 is 1.91 bits per heavy atom. The van der Waals surface area contributed by atoms with Gasteiger partial charge in [0, 0.05) is 16.7 Å². The molecule has 0 saturated heterocycles. The molecule has 0 unspecified atom stereocenters. The summed E-state index contributed by atoms with van der Waals surface area (Å²) < 4.78 is 105. The zero-order valence-electron chi connectivity index (χ0n) is 16.5. The Bertz CT molecular complexity index is 1290. The minimum Gasteiger partial charge on any atom is -0.435 e. The molecular weight excluding hydrogens is 498 g/mol. The zero-order valence-corrected chi connectivity index (χ0v) is 18.2. The summed E-state index contributed by atoms with van der Waals surface area (Å²) in [5.74, 6) is -0.578. The van der Waals surface area contributed by atoms with Crippen LogP contribution in [0.15, 0.2) is 49.8 Å². The smallest absolute Gasteiger partial charge is 0.435 e. The molecular formula is C18H14F6N4O3S2. The first-order valence-electron chi connectivity index (χ1n) is 8.99. The number of rotatable bonds is 7. The Morgan fingerprint density at radius 1 is 1.18 bits per heavy atom. The van der Waals surface area contributed by atoms with Gasteiger partial charge in [-0.1, -0.05) is 6.92 Å². The summed E-state index contributed by atoms with van der Waals surface area (Å²) in [5.41, 5.74) is -2.66. The van der Waals surface area contributed by atoms with Crippen LogP contribution in [-0.4, -0.2) is 48.6 Å². The maximum atomic E-state index is 12.6. The van der Waals surface area contributed by atoms with E-state index in [4.69, 9.17) is 4.42 Å². The fraction of sp³-hybridized carbons (Fsp3) is 0.278.